The number of carbonyl (C=O) groups is 1. The van der Waals surface area contributed by atoms with Crippen LogP contribution in [0.15, 0.2) is 41.0 Å². The van der Waals surface area contributed by atoms with Crippen molar-refractivity contribution in [3.8, 4) is 0 Å². The number of amides is 1. The van der Waals surface area contributed by atoms with Gasteiger partial charge in [-0.15, -0.1) is 0 Å². The normalized spacial score (nSPS) is 11.0. The van der Waals surface area contributed by atoms with E-state index in [-0.39, 0.29) is 5.91 Å². The number of pyridine rings is 1. The van der Waals surface area contributed by atoms with Gasteiger partial charge >= 0.3 is 0 Å². The number of nitrogens with zero attached hydrogens (tertiary/aromatic N) is 2. The molecule has 0 fully saturated rings. The molecular formula is C17H15BrClN3O. The number of aryl methyl sites for hydroxylation is 2. The predicted molar refractivity (Wildman–Crippen MR) is 95.0 cm³/mol. The zero-order valence-electron chi connectivity index (χ0n) is 12.7. The molecule has 2 heterocycles. The van der Waals surface area contributed by atoms with Gasteiger partial charge < -0.3 is 5.32 Å². The van der Waals surface area contributed by atoms with Gasteiger partial charge in [0.2, 0.25) is 0 Å². The minimum Gasteiger partial charge on any atom is -0.347 e. The summed E-state index contributed by atoms with van der Waals surface area (Å²) in [4.78, 5) is 17.1. The molecule has 0 saturated carbocycles. The van der Waals surface area contributed by atoms with Crippen molar-refractivity contribution in [3.05, 3.63) is 68.5 Å². The van der Waals surface area contributed by atoms with Crippen LogP contribution in [-0.4, -0.2) is 15.3 Å². The second-order valence-electron chi connectivity index (χ2n) is 5.38. The van der Waals surface area contributed by atoms with Crippen molar-refractivity contribution in [1.82, 2.24) is 14.7 Å². The quantitative estimate of drug-likeness (QED) is 0.722. The van der Waals surface area contributed by atoms with Crippen LogP contribution in [0.1, 0.15) is 27.3 Å². The van der Waals surface area contributed by atoms with Crippen LogP contribution in [0.25, 0.3) is 5.65 Å². The number of carbonyl (C=O) groups excluding carboxylic acids is 1. The summed E-state index contributed by atoms with van der Waals surface area (Å²) in [6.07, 6.45) is 1.91. The zero-order valence-corrected chi connectivity index (χ0v) is 15.1. The van der Waals surface area contributed by atoms with Gasteiger partial charge in [-0.3, -0.25) is 9.20 Å². The van der Waals surface area contributed by atoms with Crippen molar-refractivity contribution in [2.24, 2.45) is 0 Å². The maximum atomic E-state index is 12.6. The number of hydrogen-bond acceptors (Lipinski definition) is 2. The number of benzene rings is 1. The van der Waals surface area contributed by atoms with Gasteiger partial charge in [-0.2, -0.15) is 0 Å². The Morgan fingerprint density at radius 2 is 2.09 bits per heavy atom. The maximum Gasteiger partial charge on any atom is 0.270 e. The molecule has 118 valence electrons. The molecule has 4 nitrogen and oxygen atoms in total. The molecule has 0 radical (unpaired) electrons. The van der Waals surface area contributed by atoms with E-state index < -0.39 is 0 Å². The maximum absolute atomic E-state index is 12.6. The van der Waals surface area contributed by atoms with Crippen molar-refractivity contribution in [1.29, 1.82) is 0 Å². The Bertz CT molecular complexity index is 904. The fraction of sp³-hybridized carbons (Fsp3) is 0.176. The Morgan fingerprint density at radius 1 is 1.35 bits per heavy atom. The Hall–Kier alpha value is -1.85. The minimum atomic E-state index is -0.174. The third-order valence-electron chi connectivity index (χ3n) is 3.60. The van der Waals surface area contributed by atoms with Crippen molar-refractivity contribution >= 4 is 39.1 Å². The van der Waals surface area contributed by atoms with E-state index in [1.807, 2.05) is 54.8 Å². The molecule has 23 heavy (non-hydrogen) atoms. The average Bonchev–Trinajstić information content (AvgIpc) is 2.83. The monoisotopic (exact) mass is 391 g/mol. The molecule has 0 aliphatic rings. The molecule has 0 spiro atoms. The summed E-state index contributed by atoms with van der Waals surface area (Å²) >= 11 is 9.62. The van der Waals surface area contributed by atoms with Gasteiger partial charge in [-0.25, -0.2) is 4.98 Å². The van der Waals surface area contributed by atoms with Crippen molar-refractivity contribution in [2.45, 2.75) is 20.4 Å². The fourth-order valence-corrected chi connectivity index (χ4v) is 3.36. The molecule has 0 unspecified atom stereocenters. The predicted octanol–water partition coefficient (Wildman–Crippen LogP) is 4.30. The highest BCUT2D eigenvalue weighted by molar-refractivity contribution is 9.10. The highest BCUT2D eigenvalue weighted by Crippen LogP contribution is 2.22. The lowest BCUT2D eigenvalue weighted by molar-refractivity contribution is 0.0944. The van der Waals surface area contributed by atoms with Crippen molar-refractivity contribution in [2.75, 3.05) is 0 Å². The number of fused-ring (bicyclic) bond motifs is 1. The molecule has 3 aromatic rings. The second kappa shape index (κ2) is 6.34. The molecule has 6 heteroatoms. The van der Waals surface area contributed by atoms with E-state index in [9.17, 15) is 4.79 Å². The largest absolute Gasteiger partial charge is 0.347 e. The van der Waals surface area contributed by atoms with E-state index >= 15 is 0 Å². The first-order valence-electron chi connectivity index (χ1n) is 7.14. The average molecular weight is 393 g/mol. The number of halogens is 2. The Morgan fingerprint density at radius 3 is 2.83 bits per heavy atom. The fourth-order valence-electron chi connectivity index (χ4n) is 2.52. The van der Waals surface area contributed by atoms with Crippen LogP contribution >= 0.6 is 27.5 Å². The number of rotatable bonds is 3. The van der Waals surface area contributed by atoms with Gasteiger partial charge in [0, 0.05) is 17.8 Å². The smallest absolute Gasteiger partial charge is 0.270 e. The van der Waals surface area contributed by atoms with Crippen LogP contribution in [0, 0.1) is 13.8 Å². The van der Waals surface area contributed by atoms with E-state index in [4.69, 9.17) is 11.6 Å². The third kappa shape index (κ3) is 3.12. The summed E-state index contributed by atoms with van der Waals surface area (Å²) in [5.74, 6) is -0.174. The molecule has 3 rings (SSSR count). The zero-order chi connectivity index (χ0) is 16.6. The summed E-state index contributed by atoms with van der Waals surface area (Å²) in [5.41, 5.74) is 3.88. The number of nitrogens with one attached hydrogen (secondary N) is 1. The standard InChI is InChI=1S/C17H15BrClN3O/c1-10-7-13(18)16-21-11(2)15(22(16)9-10)17(23)20-8-12-5-3-4-6-14(12)19/h3-7,9H,8H2,1-2H3,(H,20,23). The van der Waals surface area contributed by atoms with Gasteiger partial charge in [0.15, 0.2) is 5.65 Å². The van der Waals surface area contributed by atoms with Crippen LogP contribution in [-0.2, 0) is 6.54 Å². The SMILES string of the molecule is Cc1cc(Br)c2nc(C)c(C(=O)NCc3ccccc3Cl)n2c1. The molecule has 2 aromatic heterocycles. The summed E-state index contributed by atoms with van der Waals surface area (Å²) in [6, 6.07) is 9.44. The van der Waals surface area contributed by atoms with Crippen LogP contribution in [0.4, 0.5) is 0 Å². The lowest BCUT2D eigenvalue weighted by Gasteiger charge is -2.08. The van der Waals surface area contributed by atoms with Crippen LogP contribution in [0.3, 0.4) is 0 Å². The van der Waals surface area contributed by atoms with Gasteiger partial charge in [0.1, 0.15) is 5.69 Å². The van der Waals surface area contributed by atoms with E-state index in [1.165, 1.54) is 0 Å². The highest BCUT2D eigenvalue weighted by atomic mass is 79.9. The molecule has 0 aliphatic carbocycles. The molecule has 1 N–H and O–H groups in total. The first-order valence-corrected chi connectivity index (χ1v) is 8.31. The van der Waals surface area contributed by atoms with E-state index in [1.54, 1.807) is 0 Å². The first-order chi connectivity index (χ1) is 11.0. The van der Waals surface area contributed by atoms with Crippen molar-refractivity contribution < 1.29 is 4.79 Å². The molecular weight excluding hydrogens is 378 g/mol. The van der Waals surface area contributed by atoms with E-state index in [2.05, 4.69) is 26.2 Å². The van der Waals surface area contributed by atoms with Crippen LogP contribution < -0.4 is 5.32 Å². The van der Waals surface area contributed by atoms with Crippen LogP contribution in [0.2, 0.25) is 5.02 Å². The second-order valence-corrected chi connectivity index (χ2v) is 6.64. The number of imidazole rings is 1. The Balaban J connectivity index is 1.92. The van der Waals surface area contributed by atoms with Gasteiger partial charge in [-0.05, 0) is 53.0 Å². The van der Waals surface area contributed by atoms with Gasteiger partial charge in [-0.1, -0.05) is 29.8 Å². The Labute approximate surface area is 147 Å². The topological polar surface area (TPSA) is 46.4 Å². The Kier molecular flexibility index (Phi) is 4.41. The molecule has 0 saturated heterocycles. The summed E-state index contributed by atoms with van der Waals surface area (Å²) in [7, 11) is 0. The molecule has 0 bridgehead atoms. The molecule has 0 atom stereocenters. The summed E-state index contributed by atoms with van der Waals surface area (Å²) in [5, 5.41) is 3.55. The summed E-state index contributed by atoms with van der Waals surface area (Å²) < 4.78 is 2.68. The lowest BCUT2D eigenvalue weighted by atomic mass is 10.2. The van der Waals surface area contributed by atoms with Gasteiger partial charge in [0.25, 0.3) is 5.91 Å². The molecule has 0 aliphatic heterocycles. The number of aromatic nitrogens is 2. The minimum absolute atomic E-state index is 0.174. The van der Waals surface area contributed by atoms with Gasteiger partial charge in [0.05, 0.1) is 10.2 Å². The van der Waals surface area contributed by atoms with Crippen LogP contribution in [0.5, 0.6) is 0 Å². The lowest BCUT2D eigenvalue weighted by Crippen LogP contribution is -2.25. The first kappa shape index (κ1) is 16.0. The number of hydrogen-bond donors (Lipinski definition) is 1. The third-order valence-corrected chi connectivity index (χ3v) is 4.55. The van der Waals surface area contributed by atoms with E-state index in [0.29, 0.717) is 23.0 Å². The highest BCUT2D eigenvalue weighted by Gasteiger charge is 2.18. The molecule has 1 aromatic carbocycles. The molecule has 1 amide bonds. The summed E-state index contributed by atoms with van der Waals surface area (Å²) in [6.45, 7) is 4.18. The van der Waals surface area contributed by atoms with E-state index in [0.717, 1.165) is 21.2 Å². The van der Waals surface area contributed by atoms with Crippen molar-refractivity contribution in [3.63, 3.8) is 0 Å².